The van der Waals surface area contributed by atoms with Gasteiger partial charge in [-0.3, -0.25) is 4.90 Å². The number of aromatic nitrogens is 2. The molecule has 1 aliphatic heterocycles. The summed E-state index contributed by atoms with van der Waals surface area (Å²) in [6, 6.07) is 6.37. The first-order valence-electron chi connectivity index (χ1n) is 6.15. The highest BCUT2D eigenvalue weighted by Gasteiger charge is 2.17. The second-order valence-electron chi connectivity index (χ2n) is 4.54. The van der Waals surface area contributed by atoms with E-state index in [0.717, 1.165) is 29.6 Å². The second kappa shape index (κ2) is 4.42. The number of nitrogens with zero attached hydrogens (tertiary/aromatic N) is 3. The van der Waals surface area contributed by atoms with Crippen LogP contribution >= 0.6 is 15.9 Å². The normalized spacial score (nSPS) is 17.1. The molecule has 4 heteroatoms. The van der Waals surface area contributed by atoms with Gasteiger partial charge in [-0.05, 0) is 31.2 Å². The Hall–Kier alpha value is -0.870. The van der Waals surface area contributed by atoms with Gasteiger partial charge in [-0.1, -0.05) is 22.9 Å². The maximum atomic E-state index is 4.76. The Balaban J connectivity index is 2.11. The van der Waals surface area contributed by atoms with Gasteiger partial charge in [0.25, 0.3) is 0 Å². The Labute approximate surface area is 110 Å². The van der Waals surface area contributed by atoms with Crippen molar-refractivity contribution >= 4 is 27.0 Å². The lowest BCUT2D eigenvalue weighted by Crippen LogP contribution is -2.22. The molecule has 17 heavy (non-hydrogen) atoms. The average molecular weight is 294 g/mol. The van der Waals surface area contributed by atoms with Crippen LogP contribution in [0.5, 0.6) is 0 Å². The van der Waals surface area contributed by atoms with Crippen molar-refractivity contribution in [2.75, 3.05) is 13.1 Å². The number of hydrogen-bond donors (Lipinski definition) is 0. The molecule has 2 heterocycles. The lowest BCUT2D eigenvalue weighted by atomic mass is 10.3. The van der Waals surface area contributed by atoms with Gasteiger partial charge in [0.2, 0.25) is 0 Å². The molecular weight excluding hydrogens is 278 g/mol. The highest BCUT2D eigenvalue weighted by atomic mass is 79.9. The van der Waals surface area contributed by atoms with Crippen LogP contribution in [0.4, 0.5) is 0 Å². The number of halogens is 1. The van der Waals surface area contributed by atoms with Crippen LogP contribution in [0.25, 0.3) is 11.0 Å². The van der Waals surface area contributed by atoms with Gasteiger partial charge >= 0.3 is 0 Å². The van der Waals surface area contributed by atoms with Crippen LogP contribution in [0.1, 0.15) is 19.2 Å². The molecule has 0 amide bonds. The third kappa shape index (κ3) is 2.00. The van der Waals surface area contributed by atoms with E-state index in [1.54, 1.807) is 0 Å². The Bertz CT molecular complexity index is 547. The predicted octanol–water partition coefficient (Wildman–Crippen LogP) is 3.02. The molecule has 1 aromatic carbocycles. The maximum Gasteiger partial charge on any atom is 0.124 e. The van der Waals surface area contributed by atoms with E-state index in [-0.39, 0.29) is 0 Å². The lowest BCUT2D eigenvalue weighted by Gasteiger charge is -2.15. The van der Waals surface area contributed by atoms with Crippen LogP contribution < -0.4 is 0 Å². The van der Waals surface area contributed by atoms with Crippen molar-refractivity contribution in [3.63, 3.8) is 0 Å². The monoisotopic (exact) mass is 293 g/mol. The van der Waals surface area contributed by atoms with E-state index in [9.17, 15) is 0 Å². The number of fused-ring (bicyclic) bond motifs is 3. The maximum absolute atomic E-state index is 4.76. The highest BCUT2D eigenvalue weighted by Crippen LogP contribution is 2.23. The minimum atomic E-state index is 0.975. The van der Waals surface area contributed by atoms with Gasteiger partial charge < -0.3 is 4.57 Å². The van der Waals surface area contributed by atoms with E-state index in [0.29, 0.717) is 0 Å². The van der Waals surface area contributed by atoms with Crippen molar-refractivity contribution in [2.45, 2.75) is 26.4 Å². The third-order valence-corrected chi connectivity index (χ3v) is 3.95. The molecule has 1 aliphatic rings. The number of hydrogen-bond acceptors (Lipinski definition) is 2. The molecule has 0 spiro atoms. The van der Waals surface area contributed by atoms with E-state index in [4.69, 9.17) is 4.98 Å². The molecule has 0 fully saturated rings. The molecule has 3 rings (SSSR count). The largest absolute Gasteiger partial charge is 0.327 e. The Morgan fingerprint density at radius 2 is 2.24 bits per heavy atom. The summed E-state index contributed by atoms with van der Waals surface area (Å²) in [5.41, 5.74) is 2.37. The standard InChI is InChI=1S/C13H16BrN3/c1-2-16-6-3-7-17-12-5-4-10(14)8-11(12)15-13(17)9-16/h4-5,8H,2-3,6-7,9H2,1H3. The summed E-state index contributed by atoms with van der Waals surface area (Å²) in [6.07, 6.45) is 1.21. The molecule has 0 radical (unpaired) electrons. The first kappa shape index (κ1) is 11.2. The first-order valence-corrected chi connectivity index (χ1v) is 6.94. The number of rotatable bonds is 1. The van der Waals surface area contributed by atoms with E-state index in [1.165, 1.54) is 24.3 Å². The molecule has 2 aromatic rings. The second-order valence-corrected chi connectivity index (χ2v) is 5.45. The lowest BCUT2D eigenvalue weighted by molar-refractivity contribution is 0.282. The fourth-order valence-corrected chi connectivity index (χ4v) is 2.87. The minimum absolute atomic E-state index is 0.975. The van der Waals surface area contributed by atoms with Crippen LogP contribution in [-0.4, -0.2) is 27.5 Å². The van der Waals surface area contributed by atoms with Gasteiger partial charge in [-0.25, -0.2) is 4.98 Å². The molecule has 0 bridgehead atoms. The predicted molar refractivity (Wildman–Crippen MR) is 73.0 cm³/mol. The molecule has 0 saturated carbocycles. The number of aryl methyl sites for hydroxylation is 1. The average Bonchev–Trinajstić information content (AvgIpc) is 2.53. The number of benzene rings is 1. The first-order chi connectivity index (χ1) is 8.28. The molecule has 90 valence electrons. The van der Waals surface area contributed by atoms with Crippen LogP contribution in [0.3, 0.4) is 0 Å². The van der Waals surface area contributed by atoms with Crippen molar-refractivity contribution in [2.24, 2.45) is 0 Å². The van der Waals surface area contributed by atoms with Gasteiger partial charge in [-0.15, -0.1) is 0 Å². The summed E-state index contributed by atoms with van der Waals surface area (Å²) in [4.78, 5) is 7.22. The van der Waals surface area contributed by atoms with Gasteiger partial charge in [0.15, 0.2) is 0 Å². The Morgan fingerprint density at radius 1 is 1.35 bits per heavy atom. The molecular formula is C13H16BrN3. The summed E-state index contributed by atoms with van der Waals surface area (Å²) in [7, 11) is 0. The van der Waals surface area contributed by atoms with E-state index < -0.39 is 0 Å². The van der Waals surface area contributed by atoms with Crippen molar-refractivity contribution in [1.82, 2.24) is 14.5 Å². The Kier molecular flexibility index (Phi) is 2.92. The topological polar surface area (TPSA) is 21.1 Å². The minimum Gasteiger partial charge on any atom is -0.327 e. The van der Waals surface area contributed by atoms with Gasteiger partial charge in [0.05, 0.1) is 17.6 Å². The Morgan fingerprint density at radius 3 is 3.06 bits per heavy atom. The highest BCUT2D eigenvalue weighted by molar-refractivity contribution is 9.10. The molecule has 0 atom stereocenters. The van der Waals surface area contributed by atoms with Crippen molar-refractivity contribution in [1.29, 1.82) is 0 Å². The van der Waals surface area contributed by atoms with Crippen molar-refractivity contribution in [3.8, 4) is 0 Å². The summed E-state index contributed by atoms with van der Waals surface area (Å²) < 4.78 is 3.47. The third-order valence-electron chi connectivity index (χ3n) is 3.46. The summed E-state index contributed by atoms with van der Waals surface area (Å²) in [5.74, 6) is 1.21. The summed E-state index contributed by atoms with van der Waals surface area (Å²) in [5, 5.41) is 0. The number of imidazole rings is 1. The summed E-state index contributed by atoms with van der Waals surface area (Å²) in [6.45, 7) is 6.56. The smallest absolute Gasteiger partial charge is 0.124 e. The SMILES string of the molecule is CCN1CCCn2c(nc3cc(Br)ccc32)C1. The zero-order chi connectivity index (χ0) is 11.8. The van der Waals surface area contributed by atoms with E-state index in [1.807, 2.05) is 0 Å². The van der Waals surface area contributed by atoms with Crippen LogP contribution in [0.15, 0.2) is 22.7 Å². The molecule has 1 aromatic heterocycles. The van der Waals surface area contributed by atoms with Gasteiger partial charge in [0.1, 0.15) is 5.82 Å². The van der Waals surface area contributed by atoms with Crippen LogP contribution in [0, 0.1) is 0 Å². The molecule has 0 unspecified atom stereocenters. The molecule has 0 saturated heterocycles. The zero-order valence-electron chi connectivity index (χ0n) is 9.99. The van der Waals surface area contributed by atoms with Crippen molar-refractivity contribution < 1.29 is 0 Å². The van der Waals surface area contributed by atoms with Crippen LogP contribution in [0.2, 0.25) is 0 Å². The van der Waals surface area contributed by atoms with Crippen LogP contribution in [-0.2, 0) is 13.1 Å². The van der Waals surface area contributed by atoms with Gasteiger partial charge in [0, 0.05) is 17.6 Å². The van der Waals surface area contributed by atoms with E-state index >= 15 is 0 Å². The fraction of sp³-hybridized carbons (Fsp3) is 0.462. The van der Waals surface area contributed by atoms with Gasteiger partial charge in [-0.2, -0.15) is 0 Å². The molecule has 3 nitrogen and oxygen atoms in total. The molecule has 0 N–H and O–H groups in total. The zero-order valence-corrected chi connectivity index (χ0v) is 11.6. The quantitative estimate of drug-likeness (QED) is 0.806. The molecule has 0 aliphatic carbocycles. The summed E-state index contributed by atoms with van der Waals surface area (Å²) >= 11 is 3.51. The fourth-order valence-electron chi connectivity index (χ4n) is 2.52. The van der Waals surface area contributed by atoms with E-state index in [2.05, 4.69) is 50.5 Å². The van der Waals surface area contributed by atoms with Crippen molar-refractivity contribution in [3.05, 3.63) is 28.5 Å².